The van der Waals surface area contributed by atoms with Crippen LogP contribution in [0, 0.1) is 5.82 Å². The first-order valence-electron chi connectivity index (χ1n) is 6.73. The topological polar surface area (TPSA) is 70.3 Å². The number of hydrogen-bond acceptors (Lipinski definition) is 6. The molecule has 6 nitrogen and oxygen atoms in total. The molecule has 2 fully saturated rings. The van der Waals surface area contributed by atoms with Gasteiger partial charge in [0.05, 0.1) is 5.54 Å². The lowest BCUT2D eigenvalue weighted by molar-refractivity contribution is 0.100. The quantitative estimate of drug-likeness (QED) is 0.497. The van der Waals surface area contributed by atoms with E-state index in [9.17, 15) is 4.39 Å². The molecule has 0 unspecified atom stereocenters. The molecule has 1 aromatic heterocycles. The van der Waals surface area contributed by atoms with Crippen molar-refractivity contribution in [3.05, 3.63) is 11.1 Å². The van der Waals surface area contributed by atoms with E-state index in [2.05, 4.69) is 27.2 Å². The van der Waals surface area contributed by atoms with E-state index in [4.69, 9.17) is 17.4 Å². The second-order valence-corrected chi connectivity index (χ2v) is 6.01. The molecule has 8 heteroatoms. The fraction of sp³-hybridized carbons (Fsp3) is 0.667. The van der Waals surface area contributed by atoms with Crippen LogP contribution < -0.4 is 16.2 Å². The predicted octanol–water partition coefficient (Wildman–Crippen LogP) is 1.23. The minimum Gasteiger partial charge on any atom is -0.350 e. The van der Waals surface area contributed by atoms with Gasteiger partial charge in [-0.2, -0.15) is 14.4 Å². The first kappa shape index (κ1) is 13.8. The van der Waals surface area contributed by atoms with Crippen LogP contribution in [0.3, 0.4) is 0 Å². The number of anilines is 2. The average molecular weight is 301 g/mol. The lowest BCUT2D eigenvalue weighted by Gasteiger charge is -2.53. The standard InChI is InChI=1S/C12H18ClFN6/c1-12(20-4-2-3-5-20)6-19(7-12)10-8(14)9(18-15)16-11(13)17-10/h2-7,15H2,1H3,(H,16,17,18). The van der Waals surface area contributed by atoms with Gasteiger partial charge in [0.1, 0.15) is 0 Å². The van der Waals surface area contributed by atoms with E-state index in [1.807, 2.05) is 4.90 Å². The molecule has 3 heterocycles. The van der Waals surface area contributed by atoms with Gasteiger partial charge in [-0.3, -0.25) is 4.90 Å². The van der Waals surface area contributed by atoms with Gasteiger partial charge in [0.2, 0.25) is 11.1 Å². The molecule has 2 saturated heterocycles. The Kier molecular flexibility index (Phi) is 3.43. The van der Waals surface area contributed by atoms with Gasteiger partial charge in [-0.25, -0.2) is 5.84 Å². The number of nitrogens with one attached hydrogen (secondary N) is 1. The Hall–Kier alpha value is -1.18. The molecule has 0 amide bonds. The van der Waals surface area contributed by atoms with Gasteiger partial charge >= 0.3 is 0 Å². The number of nitrogen functional groups attached to an aromatic ring is 1. The second kappa shape index (κ2) is 4.98. The maximum Gasteiger partial charge on any atom is 0.226 e. The van der Waals surface area contributed by atoms with Crippen LogP contribution in [-0.2, 0) is 0 Å². The maximum atomic E-state index is 14.2. The van der Waals surface area contributed by atoms with Crippen molar-refractivity contribution in [2.45, 2.75) is 25.3 Å². The zero-order valence-electron chi connectivity index (χ0n) is 11.4. The first-order valence-corrected chi connectivity index (χ1v) is 7.11. The Bertz CT molecular complexity index is 513. The SMILES string of the molecule is CC1(N2CCCC2)CN(c2nc(Cl)nc(NN)c2F)C1. The molecule has 2 aliphatic rings. The molecule has 0 saturated carbocycles. The summed E-state index contributed by atoms with van der Waals surface area (Å²) in [6.45, 7) is 5.92. The predicted molar refractivity (Wildman–Crippen MR) is 76.2 cm³/mol. The third kappa shape index (κ3) is 2.19. The summed E-state index contributed by atoms with van der Waals surface area (Å²) in [5.41, 5.74) is 2.30. The largest absolute Gasteiger partial charge is 0.350 e. The van der Waals surface area contributed by atoms with Crippen LogP contribution in [-0.4, -0.2) is 46.6 Å². The average Bonchev–Trinajstić information content (AvgIpc) is 2.92. The summed E-state index contributed by atoms with van der Waals surface area (Å²) in [6, 6.07) is 0. The summed E-state index contributed by atoms with van der Waals surface area (Å²) in [5.74, 6) is 4.82. The second-order valence-electron chi connectivity index (χ2n) is 5.67. The summed E-state index contributed by atoms with van der Waals surface area (Å²) in [5, 5.41) is -0.0101. The normalized spacial score (nSPS) is 21.9. The highest BCUT2D eigenvalue weighted by Crippen LogP contribution is 2.35. The Morgan fingerprint density at radius 3 is 2.55 bits per heavy atom. The van der Waals surface area contributed by atoms with Crippen LogP contribution in [0.15, 0.2) is 0 Å². The van der Waals surface area contributed by atoms with E-state index in [1.165, 1.54) is 12.8 Å². The van der Waals surface area contributed by atoms with Gasteiger partial charge in [-0.05, 0) is 44.5 Å². The zero-order chi connectivity index (χ0) is 14.3. The third-order valence-corrected chi connectivity index (χ3v) is 4.34. The van der Waals surface area contributed by atoms with E-state index in [0.717, 1.165) is 26.2 Å². The number of nitrogens with zero attached hydrogens (tertiary/aromatic N) is 4. The molecular formula is C12H18ClFN6. The van der Waals surface area contributed by atoms with Crippen molar-refractivity contribution < 1.29 is 4.39 Å². The molecule has 3 rings (SSSR count). The van der Waals surface area contributed by atoms with Crippen LogP contribution in [0.25, 0.3) is 0 Å². The van der Waals surface area contributed by atoms with Gasteiger partial charge < -0.3 is 10.3 Å². The number of hydrazine groups is 1. The molecule has 110 valence electrons. The highest BCUT2D eigenvalue weighted by Gasteiger charge is 2.45. The third-order valence-electron chi connectivity index (χ3n) is 4.18. The van der Waals surface area contributed by atoms with Crippen LogP contribution in [0.5, 0.6) is 0 Å². The highest BCUT2D eigenvalue weighted by atomic mass is 35.5. The van der Waals surface area contributed by atoms with Crippen molar-refractivity contribution in [2.75, 3.05) is 36.5 Å². The Balaban J connectivity index is 1.78. The van der Waals surface area contributed by atoms with Crippen LogP contribution in [0.2, 0.25) is 5.28 Å². The number of halogens is 2. The lowest BCUT2D eigenvalue weighted by atomic mass is 9.90. The van der Waals surface area contributed by atoms with Gasteiger partial charge in [0, 0.05) is 13.1 Å². The number of aromatic nitrogens is 2. The van der Waals surface area contributed by atoms with E-state index < -0.39 is 5.82 Å². The highest BCUT2D eigenvalue weighted by molar-refractivity contribution is 6.28. The fourth-order valence-corrected chi connectivity index (χ4v) is 3.26. The van der Waals surface area contributed by atoms with Crippen molar-refractivity contribution in [3.8, 4) is 0 Å². The molecule has 0 bridgehead atoms. The molecular weight excluding hydrogens is 283 g/mol. The molecule has 1 aromatic rings. The number of rotatable bonds is 3. The molecule has 0 spiro atoms. The molecule has 0 atom stereocenters. The first-order chi connectivity index (χ1) is 9.53. The van der Waals surface area contributed by atoms with Crippen LogP contribution in [0.4, 0.5) is 16.0 Å². The van der Waals surface area contributed by atoms with Crippen LogP contribution >= 0.6 is 11.6 Å². The maximum absolute atomic E-state index is 14.2. The lowest BCUT2D eigenvalue weighted by Crippen LogP contribution is -2.68. The Morgan fingerprint density at radius 2 is 1.95 bits per heavy atom. The molecule has 20 heavy (non-hydrogen) atoms. The monoisotopic (exact) mass is 300 g/mol. The summed E-state index contributed by atoms with van der Waals surface area (Å²) in [4.78, 5) is 12.0. The van der Waals surface area contributed by atoms with Crippen molar-refractivity contribution in [1.82, 2.24) is 14.9 Å². The minimum absolute atomic E-state index is 0.0101. The summed E-state index contributed by atoms with van der Waals surface area (Å²) in [7, 11) is 0. The van der Waals surface area contributed by atoms with E-state index in [1.54, 1.807) is 0 Å². The number of likely N-dealkylation sites (tertiary alicyclic amines) is 1. The van der Waals surface area contributed by atoms with Gasteiger partial charge in [-0.1, -0.05) is 0 Å². The van der Waals surface area contributed by atoms with Gasteiger partial charge in [0.15, 0.2) is 11.6 Å². The Labute approximate surface area is 122 Å². The molecule has 0 aliphatic carbocycles. The van der Waals surface area contributed by atoms with Crippen molar-refractivity contribution in [3.63, 3.8) is 0 Å². The van der Waals surface area contributed by atoms with Gasteiger partial charge in [-0.15, -0.1) is 0 Å². The molecule has 0 aromatic carbocycles. The molecule has 2 aliphatic heterocycles. The van der Waals surface area contributed by atoms with Crippen molar-refractivity contribution in [2.24, 2.45) is 5.84 Å². The molecule has 3 N–H and O–H groups in total. The smallest absolute Gasteiger partial charge is 0.226 e. The van der Waals surface area contributed by atoms with E-state index >= 15 is 0 Å². The minimum atomic E-state index is -0.555. The number of nitrogens with two attached hydrogens (primary N) is 1. The van der Waals surface area contributed by atoms with Crippen molar-refractivity contribution >= 4 is 23.2 Å². The Morgan fingerprint density at radius 1 is 1.30 bits per heavy atom. The van der Waals surface area contributed by atoms with Crippen LogP contribution in [0.1, 0.15) is 19.8 Å². The van der Waals surface area contributed by atoms with E-state index in [0.29, 0.717) is 0 Å². The van der Waals surface area contributed by atoms with E-state index in [-0.39, 0.29) is 22.5 Å². The molecule has 0 radical (unpaired) electrons. The summed E-state index contributed by atoms with van der Waals surface area (Å²) >= 11 is 5.80. The van der Waals surface area contributed by atoms with Gasteiger partial charge in [0.25, 0.3) is 0 Å². The number of hydrogen-bond donors (Lipinski definition) is 2. The van der Waals surface area contributed by atoms with Crippen molar-refractivity contribution in [1.29, 1.82) is 0 Å². The zero-order valence-corrected chi connectivity index (χ0v) is 12.1. The summed E-state index contributed by atoms with van der Waals surface area (Å²) in [6.07, 6.45) is 2.48. The fourth-order valence-electron chi connectivity index (χ4n) is 3.10. The summed E-state index contributed by atoms with van der Waals surface area (Å²) < 4.78 is 14.2.